The van der Waals surface area contributed by atoms with E-state index < -0.39 is 0 Å². The molecule has 1 aromatic rings. The lowest BCUT2D eigenvalue weighted by Crippen LogP contribution is -2.46. The van der Waals surface area contributed by atoms with Gasteiger partial charge in [-0.05, 0) is 43.5 Å². The molecule has 2 amide bonds. The Balaban J connectivity index is 1.64. The molecule has 23 heavy (non-hydrogen) atoms. The monoisotopic (exact) mass is 335 g/mol. The summed E-state index contributed by atoms with van der Waals surface area (Å²) in [6, 6.07) is 6.99. The topological polar surface area (TPSA) is 66.6 Å². The largest absolute Gasteiger partial charge is 0.341 e. The Bertz CT molecular complexity index is 590. The molecule has 124 valence electrons. The van der Waals surface area contributed by atoms with Crippen LogP contribution in [0.2, 0.25) is 5.02 Å². The van der Waals surface area contributed by atoms with E-state index in [1.165, 1.54) is 0 Å². The van der Waals surface area contributed by atoms with Gasteiger partial charge in [0, 0.05) is 42.8 Å². The molecule has 1 aromatic carbocycles. The SMILES string of the molecule is N[C@@H]1CCN(C(=O)C2CCCN(C(=O)c3ccc(Cl)cc3)C2)C1. The first-order valence-electron chi connectivity index (χ1n) is 8.14. The third-order valence-electron chi connectivity index (χ3n) is 4.69. The minimum atomic E-state index is -0.106. The van der Waals surface area contributed by atoms with Crippen molar-refractivity contribution in [3.8, 4) is 0 Å². The molecule has 2 aliphatic rings. The second-order valence-electron chi connectivity index (χ2n) is 6.43. The molecule has 5 nitrogen and oxygen atoms in total. The molecule has 0 aliphatic carbocycles. The molecule has 0 radical (unpaired) electrons. The Hall–Kier alpha value is -1.59. The Morgan fingerprint density at radius 3 is 2.43 bits per heavy atom. The Morgan fingerprint density at radius 2 is 1.78 bits per heavy atom. The fraction of sp³-hybridized carbons (Fsp3) is 0.529. The predicted octanol–water partition coefficient (Wildman–Crippen LogP) is 1.75. The minimum absolute atomic E-state index is 0.0303. The lowest BCUT2D eigenvalue weighted by atomic mass is 9.96. The lowest BCUT2D eigenvalue weighted by molar-refractivity contribution is -0.135. The molecule has 0 saturated carbocycles. The van der Waals surface area contributed by atoms with Crippen molar-refractivity contribution >= 4 is 23.4 Å². The van der Waals surface area contributed by atoms with Crippen LogP contribution in [0, 0.1) is 5.92 Å². The highest BCUT2D eigenvalue weighted by atomic mass is 35.5. The summed E-state index contributed by atoms with van der Waals surface area (Å²) >= 11 is 5.87. The first-order chi connectivity index (χ1) is 11.0. The van der Waals surface area contributed by atoms with E-state index in [-0.39, 0.29) is 23.8 Å². The first kappa shape index (κ1) is 16.3. The molecule has 2 fully saturated rings. The number of piperidine rings is 1. The van der Waals surface area contributed by atoms with E-state index in [9.17, 15) is 9.59 Å². The molecule has 2 N–H and O–H groups in total. The van der Waals surface area contributed by atoms with Crippen molar-refractivity contribution in [3.63, 3.8) is 0 Å². The summed E-state index contributed by atoms with van der Waals surface area (Å²) in [7, 11) is 0. The second kappa shape index (κ2) is 6.89. The number of hydrogen-bond donors (Lipinski definition) is 1. The van der Waals surface area contributed by atoms with E-state index in [0.29, 0.717) is 30.2 Å². The van der Waals surface area contributed by atoms with Crippen molar-refractivity contribution in [1.29, 1.82) is 0 Å². The molecular formula is C17H22ClN3O2. The van der Waals surface area contributed by atoms with Crippen molar-refractivity contribution in [3.05, 3.63) is 34.9 Å². The number of rotatable bonds is 2. The molecule has 2 saturated heterocycles. The normalized spacial score (nSPS) is 24.8. The molecule has 3 rings (SSSR count). The van der Waals surface area contributed by atoms with Crippen LogP contribution in [0.25, 0.3) is 0 Å². The van der Waals surface area contributed by atoms with Crippen LogP contribution in [0.5, 0.6) is 0 Å². The van der Waals surface area contributed by atoms with Crippen LogP contribution in [-0.2, 0) is 4.79 Å². The highest BCUT2D eigenvalue weighted by Crippen LogP contribution is 2.23. The van der Waals surface area contributed by atoms with E-state index in [1.54, 1.807) is 29.2 Å². The van der Waals surface area contributed by atoms with Crippen LogP contribution in [-0.4, -0.2) is 53.8 Å². The summed E-state index contributed by atoms with van der Waals surface area (Å²) in [5, 5.41) is 0.610. The Labute approximate surface area is 141 Å². The molecule has 0 spiro atoms. The fourth-order valence-corrected chi connectivity index (χ4v) is 3.51. The summed E-state index contributed by atoms with van der Waals surface area (Å²) in [6.07, 6.45) is 2.57. The molecule has 2 aliphatic heterocycles. The fourth-order valence-electron chi connectivity index (χ4n) is 3.38. The number of amides is 2. The van der Waals surface area contributed by atoms with Crippen LogP contribution >= 0.6 is 11.6 Å². The number of hydrogen-bond acceptors (Lipinski definition) is 3. The molecule has 2 heterocycles. The van der Waals surface area contributed by atoms with Crippen molar-refractivity contribution in [2.75, 3.05) is 26.2 Å². The molecule has 0 aromatic heterocycles. The van der Waals surface area contributed by atoms with Gasteiger partial charge in [-0.3, -0.25) is 9.59 Å². The van der Waals surface area contributed by atoms with Gasteiger partial charge in [-0.2, -0.15) is 0 Å². The highest BCUT2D eigenvalue weighted by Gasteiger charge is 2.33. The molecule has 1 unspecified atom stereocenters. The zero-order valence-electron chi connectivity index (χ0n) is 13.1. The van der Waals surface area contributed by atoms with Crippen LogP contribution in [0.1, 0.15) is 29.6 Å². The van der Waals surface area contributed by atoms with Gasteiger partial charge in [0.25, 0.3) is 5.91 Å². The third-order valence-corrected chi connectivity index (χ3v) is 4.94. The van der Waals surface area contributed by atoms with Crippen molar-refractivity contribution < 1.29 is 9.59 Å². The van der Waals surface area contributed by atoms with Crippen molar-refractivity contribution in [2.45, 2.75) is 25.3 Å². The summed E-state index contributed by atoms with van der Waals surface area (Å²) in [5.41, 5.74) is 6.50. The van der Waals surface area contributed by atoms with Gasteiger partial charge in [-0.1, -0.05) is 11.6 Å². The highest BCUT2D eigenvalue weighted by molar-refractivity contribution is 6.30. The van der Waals surface area contributed by atoms with Gasteiger partial charge >= 0.3 is 0 Å². The van der Waals surface area contributed by atoms with Crippen LogP contribution in [0.15, 0.2) is 24.3 Å². The van der Waals surface area contributed by atoms with Crippen LogP contribution < -0.4 is 5.73 Å². The second-order valence-corrected chi connectivity index (χ2v) is 6.87. The average Bonchev–Trinajstić information content (AvgIpc) is 3.01. The lowest BCUT2D eigenvalue weighted by Gasteiger charge is -2.34. The quantitative estimate of drug-likeness (QED) is 0.895. The number of carbonyl (C=O) groups excluding carboxylic acids is 2. The van der Waals surface area contributed by atoms with Crippen LogP contribution in [0.4, 0.5) is 0 Å². The van der Waals surface area contributed by atoms with Gasteiger partial charge in [-0.15, -0.1) is 0 Å². The van der Waals surface area contributed by atoms with E-state index in [4.69, 9.17) is 17.3 Å². The number of nitrogens with zero attached hydrogens (tertiary/aromatic N) is 2. The summed E-state index contributed by atoms with van der Waals surface area (Å²) in [4.78, 5) is 28.8. The van der Waals surface area contributed by atoms with Crippen molar-refractivity contribution in [2.24, 2.45) is 11.7 Å². The zero-order valence-corrected chi connectivity index (χ0v) is 13.8. The first-order valence-corrected chi connectivity index (χ1v) is 8.51. The van der Waals surface area contributed by atoms with E-state index in [2.05, 4.69) is 0 Å². The predicted molar refractivity (Wildman–Crippen MR) is 89.3 cm³/mol. The Kier molecular flexibility index (Phi) is 4.87. The van der Waals surface area contributed by atoms with Crippen LogP contribution in [0.3, 0.4) is 0 Å². The average molecular weight is 336 g/mol. The van der Waals surface area contributed by atoms with Gasteiger partial charge in [0.15, 0.2) is 0 Å². The maximum atomic E-state index is 12.6. The maximum Gasteiger partial charge on any atom is 0.253 e. The van der Waals surface area contributed by atoms with Crippen molar-refractivity contribution in [1.82, 2.24) is 9.80 Å². The van der Waals surface area contributed by atoms with Gasteiger partial charge in [0.2, 0.25) is 5.91 Å². The molecule has 6 heteroatoms. The number of carbonyl (C=O) groups is 2. The Morgan fingerprint density at radius 1 is 1.04 bits per heavy atom. The number of halogens is 1. The summed E-state index contributed by atoms with van der Waals surface area (Å²) < 4.78 is 0. The number of benzene rings is 1. The van der Waals surface area contributed by atoms with Gasteiger partial charge < -0.3 is 15.5 Å². The summed E-state index contributed by atoms with van der Waals surface area (Å²) in [6.45, 7) is 2.57. The number of likely N-dealkylation sites (tertiary alicyclic amines) is 2. The maximum absolute atomic E-state index is 12.6. The summed E-state index contributed by atoms with van der Waals surface area (Å²) in [5.74, 6) is 0.00847. The molecule has 0 bridgehead atoms. The number of nitrogens with two attached hydrogens (primary N) is 1. The smallest absolute Gasteiger partial charge is 0.253 e. The minimum Gasteiger partial charge on any atom is -0.341 e. The van der Waals surface area contributed by atoms with E-state index in [0.717, 1.165) is 25.8 Å². The zero-order chi connectivity index (χ0) is 16.4. The molecule has 2 atom stereocenters. The third kappa shape index (κ3) is 3.67. The van der Waals surface area contributed by atoms with E-state index >= 15 is 0 Å². The van der Waals surface area contributed by atoms with Gasteiger partial charge in [0.05, 0.1) is 5.92 Å². The standard InChI is InChI=1S/C17H22ClN3O2/c18-14-5-3-12(4-6-14)16(22)20-8-1-2-13(10-20)17(23)21-9-7-15(19)11-21/h3-6,13,15H,1-2,7-11,19H2/t13?,15-/m1/s1. The molecular weight excluding hydrogens is 314 g/mol. The van der Waals surface area contributed by atoms with Gasteiger partial charge in [0.1, 0.15) is 0 Å². The van der Waals surface area contributed by atoms with Gasteiger partial charge in [-0.25, -0.2) is 0 Å². The van der Waals surface area contributed by atoms with E-state index in [1.807, 2.05) is 4.90 Å².